The summed E-state index contributed by atoms with van der Waals surface area (Å²) in [6.45, 7) is 5.41. The van der Waals surface area contributed by atoms with Crippen LogP contribution in [-0.2, 0) is 0 Å². The van der Waals surface area contributed by atoms with Crippen molar-refractivity contribution in [3.8, 4) is 0 Å². The lowest BCUT2D eigenvalue weighted by atomic mass is 10.2. The first kappa shape index (κ1) is 13.0. The summed E-state index contributed by atoms with van der Waals surface area (Å²) in [7, 11) is 0. The molecule has 0 aliphatic rings. The maximum absolute atomic E-state index is 4.27. The number of thiazole rings is 1. The second-order valence-corrected chi connectivity index (χ2v) is 5.55. The summed E-state index contributed by atoms with van der Waals surface area (Å²) in [4.78, 5) is 5.65. The molecule has 1 aromatic rings. The molecule has 2 nitrogen and oxygen atoms in total. The normalized spacial score (nSPS) is 13.0. The Morgan fingerprint density at radius 1 is 1.53 bits per heavy atom. The van der Waals surface area contributed by atoms with Crippen LogP contribution in [0.25, 0.3) is 0 Å². The summed E-state index contributed by atoms with van der Waals surface area (Å²) >= 11 is 3.67. The number of nitrogens with zero attached hydrogens (tertiary/aromatic N) is 1. The van der Waals surface area contributed by atoms with Crippen molar-refractivity contribution in [2.75, 3.05) is 18.6 Å². The molecule has 1 aromatic heterocycles. The number of hydrogen-bond donors (Lipinski definition) is 1. The fourth-order valence-electron chi connectivity index (χ4n) is 1.51. The molecule has 1 rings (SSSR count). The lowest BCUT2D eigenvalue weighted by Crippen LogP contribution is -2.19. The average molecular weight is 244 g/mol. The molecule has 0 bridgehead atoms. The summed E-state index contributed by atoms with van der Waals surface area (Å²) in [5.74, 6) is 1.27. The molecule has 0 aromatic carbocycles. The highest BCUT2D eigenvalue weighted by Gasteiger charge is 2.09. The second kappa shape index (κ2) is 7.25. The molecule has 0 fully saturated rings. The summed E-state index contributed by atoms with van der Waals surface area (Å²) in [6.07, 6.45) is 4.74. The van der Waals surface area contributed by atoms with E-state index < -0.39 is 0 Å². The van der Waals surface area contributed by atoms with Gasteiger partial charge in [-0.2, -0.15) is 11.8 Å². The van der Waals surface area contributed by atoms with Gasteiger partial charge in [-0.1, -0.05) is 0 Å². The number of aromatic nitrogens is 1. The topological polar surface area (TPSA) is 24.9 Å². The van der Waals surface area contributed by atoms with E-state index in [0.717, 1.165) is 6.54 Å². The molecule has 1 heterocycles. The summed E-state index contributed by atoms with van der Waals surface area (Å²) in [6, 6.07) is 0.451. The van der Waals surface area contributed by atoms with E-state index in [1.165, 1.54) is 29.2 Å². The minimum atomic E-state index is 0.451. The maximum atomic E-state index is 4.27. The molecule has 0 aliphatic heterocycles. The Labute approximate surface area is 101 Å². The third kappa shape index (κ3) is 4.53. The first-order chi connectivity index (χ1) is 7.25. The van der Waals surface area contributed by atoms with Crippen LogP contribution in [0.1, 0.15) is 36.4 Å². The van der Waals surface area contributed by atoms with Crippen LogP contribution in [0, 0.1) is 6.92 Å². The van der Waals surface area contributed by atoms with E-state index in [9.17, 15) is 0 Å². The van der Waals surface area contributed by atoms with Crippen LogP contribution in [0.15, 0.2) is 5.51 Å². The van der Waals surface area contributed by atoms with E-state index >= 15 is 0 Å². The van der Waals surface area contributed by atoms with Gasteiger partial charge in [-0.3, -0.25) is 0 Å². The molecule has 1 N–H and O–H groups in total. The van der Waals surface area contributed by atoms with Gasteiger partial charge in [0.15, 0.2) is 0 Å². The number of rotatable bonds is 7. The van der Waals surface area contributed by atoms with Gasteiger partial charge >= 0.3 is 0 Å². The Bertz CT molecular complexity index is 273. The Kier molecular flexibility index (Phi) is 6.29. The zero-order chi connectivity index (χ0) is 11.1. The van der Waals surface area contributed by atoms with E-state index in [2.05, 4.69) is 30.4 Å². The van der Waals surface area contributed by atoms with E-state index in [0.29, 0.717) is 6.04 Å². The maximum Gasteiger partial charge on any atom is 0.0798 e. The zero-order valence-electron chi connectivity index (χ0n) is 9.75. The fourth-order valence-corrected chi connectivity index (χ4v) is 2.84. The van der Waals surface area contributed by atoms with Gasteiger partial charge in [-0.15, -0.1) is 11.3 Å². The van der Waals surface area contributed by atoms with Crippen molar-refractivity contribution in [2.45, 2.75) is 32.7 Å². The lowest BCUT2D eigenvalue weighted by Gasteiger charge is -2.12. The van der Waals surface area contributed by atoms with Gasteiger partial charge in [-0.05, 0) is 45.2 Å². The first-order valence-electron chi connectivity index (χ1n) is 5.38. The van der Waals surface area contributed by atoms with Crippen molar-refractivity contribution in [1.82, 2.24) is 10.3 Å². The molecule has 0 aliphatic carbocycles. The number of thioether (sulfide) groups is 1. The van der Waals surface area contributed by atoms with Crippen molar-refractivity contribution in [3.05, 3.63) is 16.1 Å². The molecule has 15 heavy (non-hydrogen) atoms. The number of hydrogen-bond acceptors (Lipinski definition) is 4. The van der Waals surface area contributed by atoms with Crippen molar-refractivity contribution < 1.29 is 0 Å². The minimum Gasteiger partial charge on any atom is -0.309 e. The highest BCUT2D eigenvalue weighted by Crippen LogP contribution is 2.20. The lowest BCUT2D eigenvalue weighted by molar-refractivity contribution is 0.559. The van der Waals surface area contributed by atoms with Crippen molar-refractivity contribution in [1.29, 1.82) is 0 Å². The molecular formula is C11H20N2S2. The van der Waals surface area contributed by atoms with E-state index in [1.54, 1.807) is 11.3 Å². The van der Waals surface area contributed by atoms with E-state index in [-0.39, 0.29) is 0 Å². The predicted molar refractivity (Wildman–Crippen MR) is 70.9 cm³/mol. The monoisotopic (exact) mass is 244 g/mol. The standard InChI is InChI=1S/C11H20N2S2/c1-9(11-10(2)13-8-15-11)12-6-4-5-7-14-3/h8-9,12H,4-7H2,1-3H3. The van der Waals surface area contributed by atoms with Gasteiger partial charge in [0.05, 0.1) is 11.2 Å². The Morgan fingerprint density at radius 3 is 2.93 bits per heavy atom. The van der Waals surface area contributed by atoms with E-state index in [1.807, 2.05) is 17.3 Å². The summed E-state index contributed by atoms with van der Waals surface area (Å²) in [5.41, 5.74) is 3.10. The quantitative estimate of drug-likeness (QED) is 0.745. The average Bonchev–Trinajstić information content (AvgIpc) is 2.64. The van der Waals surface area contributed by atoms with Gasteiger partial charge in [0.25, 0.3) is 0 Å². The Balaban J connectivity index is 2.19. The van der Waals surface area contributed by atoms with Crippen LogP contribution in [0.3, 0.4) is 0 Å². The number of aryl methyl sites for hydroxylation is 1. The largest absolute Gasteiger partial charge is 0.309 e. The molecule has 0 radical (unpaired) electrons. The van der Waals surface area contributed by atoms with Crippen LogP contribution in [-0.4, -0.2) is 23.5 Å². The smallest absolute Gasteiger partial charge is 0.0798 e. The second-order valence-electron chi connectivity index (χ2n) is 3.68. The van der Waals surface area contributed by atoms with Crippen LogP contribution >= 0.6 is 23.1 Å². The highest BCUT2D eigenvalue weighted by molar-refractivity contribution is 7.98. The Hall–Kier alpha value is -0.0600. The molecule has 4 heteroatoms. The van der Waals surface area contributed by atoms with Crippen molar-refractivity contribution >= 4 is 23.1 Å². The molecule has 0 saturated carbocycles. The molecule has 0 saturated heterocycles. The molecule has 1 unspecified atom stereocenters. The van der Waals surface area contributed by atoms with Crippen molar-refractivity contribution in [3.63, 3.8) is 0 Å². The van der Waals surface area contributed by atoms with E-state index in [4.69, 9.17) is 0 Å². The Morgan fingerprint density at radius 2 is 2.33 bits per heavy atom. The van der Waals surface area contributed by atoms with Crippen LogP contribution < -0.4 is 5.32 Å². The molecule has 0 spiro atoms. The van der Waals surface area contributed by atoms with Gasteiger partial charge in [0.2, 0.25) is 0 Å². The molecule has 86 valence electrons. The van der Waals surface area contributed by atoms with Crippen LogP contribution in [0.2, 0.25) is 0 Å². The van der Waals surface area contributed by atoms with Gasteiger partial charge in [-0.25, -0.2) is 4.98 Å². The summed E-state index contributed by atoms with van der Waals surface area (Å²) < 4.78 is 0. The van der Waals surface area contributed by atoms with Crippen LogP contribution in [0.4, 0.5) is 0 Å². The minimum absolute atomic E-state index is 0.451. The molecular weight excluding hydrogens is 224 g/mol. The van der Waals surface area contributed by atoms with Gasteiger partial charge in [0, 0.05) is 10.9 Å². The first-order valence-corrected chi connectivity index (χ1v) is 7.65. The zero-order valence-corrected chi connectivity index (χ0v) is 11.4. The third-order valence-electron chi connectivity index (χ3n) is 2.40. The molecule has 1 atom stereocenters. The highest BCUT2D eigenvalue weighted by atomic mass is 32.2. The predicted octanol–water partition coefficient (Wildman–Crippen LogP) is 3.25. The fraction of sp³-hybridized carbons (Fsp3) is 0.727. The SMILES string of the molecule is CSCCCCNC(C)c1scnc1C. The van der Waals surface area contributed by atoms with Gasteiger partial charge in [0.1, 0.15) is 0 Å². The van der Waals surface area contributed by atoms with Crippen molar-refractivity contribution in [2.24, 2.45) is 0 Å². The number of unbranched alkanes of at least 4 members (excludes halogenated alkanes) is 1. The van der Waals surface area contributed by atoms with Gasteiger partial charge < -0.3 is 5.32 Å². The third-order valence-corrected chi connectivity index (χ3v) is 4.21. The molecule has 0 amide bonds. The number of nitrogens with one attached hydrogen (secondary N) is 1. The summed E-state index contributed by atoms with van der Waals surface area (Å²) in [5, 5.41) is 3.55. The van der Waals surface area contributed by atoms with Crippen LogP contribution in [0.5, 0.6) is 0 Å².